The van der Waals surface area contributed by atoms with Gasteiger partial charge in [-0.2, -0.15) is 5.10 Å². The van der Waals surface area contributed by atoms with Gasteiger partial charge in [0.1, 0.15) is 11.3 Å². The minimum absolute atomic E-state index is 0.151. The molecule has 1 aromatic heterocycles. The molecule has 0 aliphatic rings. The number of benzene rings is 2. The predicted molar refractivity (Wildman–Crippen MR) is 74.6 cm³/mol. The van der Waals surface area contributed by atoms with Crippen LogP contribution in [0, 0.1) is 0 Å². The summed E-state index contributed by atoms with van der Waals surface area (Å²) in [6.45, 7) is 0. The summed E-state index contributed by atoms with van der Waals surface area (Å²) >= 11 is 0. The maximum atomic E-state index is 11.2. The summed E-state index contributed by atoms with van der Waals surface area (Å²) < 4.78 is 7.02. The molecule has 5 nitrogen and oxygen atoms in total. The predicted octanol–water partition coefficient (Wildman–Crippen LogP) is 2.73. The van der Waals surface area contributed by atoms with Gasteiger partial charge < -0.3 is 9.84 Å². The first-order chi connectivity index (χ1) is 9.72. The summed E-state index contributed by atoms with van der Waals surface area (Å²) in [6, 6.07) is 10.8. The number of carboxylic acid groups (broad SMARTS) is 1. The van der Waals surface area contributed by atoms with Crippen LogP contribution >= 0.6 is 0 Å². The SMILES string of the molecule is COc1c(C(=O)O)ccc2c(-n3cccn3)cccc12. The van der Waals surface area contributed by atoms with Gasteiger partial charge in [0.05, 0.1) is 12.8 Å². The summed E-state index contributed by atoms with van der Waals surface area (Å²) in [5.74, 6) is -0.641. The van der Waals surface area contributed by atoms with Gasteiger partial charge in [-0.3, -0.25) is 0 Å². The topological polar surface area (TPSA) is 64.3 Å². The number of methoxy groups -OCH3 is 1. The lowest BCUT2D eigenvalue weighted by molar-refractivity contribution is 0.0693. The molecule has 0 spiro atoms. The number of fused-ring (bicyclic) bond motifs is 1. The van der Waals surface area contributed by atoms with Crippen molar-refractivity contribution in [2.75, 3.05) is 7.11 Å². The zero-order valence-electron chi connectivity index (χ0n) is 10.8. The van der Waals surface area contributed by atoms with E-state index in [0.29, 0.717) is 5.75 Å². The van der Waals surface area contributed by atoms with Crippen LogP contribution in [-0.2, 0) is 0 Å². The molecule has 5 heteroatoms. The molecule has 1 N–H and O–H groups in total. The Morgan fingerprint density at radius 2 is 2.05 bits per heavy atom. The van der Waals surface area contributed by atoms with Crippen molar-refractivity contribution in [3.63, 3.8) is 0 Å². The van der Waals surface area contributed by atoms with Crippen molar-refractivity contribution < 1.29 is 14.6 Å². The normalized spacial score (nSPS) is 10.7. The Kier molecular flexibility index (Phi) is 2.87. The molecule has 0 amide bonds. The van der Waals surface area contributed by atoms with Gasteiger partial charge in [-0.25, -0.2) is 9.48 Å². The van der Waals surface area contributed by atoms with Crippen molar-refractivity contribution in [2.24, 2.45) is 0 Å². The number of hydrogen-bond acceptors (Lipinski definition) is 3. The summed E-state index contributed by atoms with van der Waals surface area (Å²) in [5.41, 5.74) is 1.03. The quantitative estimate of drug-likeness (QED) is 0.793. The number of ether oxygens (including phenoxy) is 1. The largest absolute Gasteiger partial charge is 0.495 e. The molecule has 0 aliphatic carbocycles. The molecule has 20 heavy (non-hydrogen) atoms. The molecule has 3 aromatic rings. The molecule has 3 rings (SSSR count). The number of aromatic nitrogens is 2. The van der Waals surface area contributed by atoms with Gasteiger partial charge in [-0.15, -0.1) is 0 Å². The minimum atomic E-state index is -1.01. The van der Waals surface area contributed by atoms with E-state index in [1.807, 2.05) is 30.5 Å². The van der Waals surface area contributed by atoms with Crippen molar-refractivity contribution in [3.05, 3.63) is 54.4 Å². The Bertz CT molecular complexity index is 779. The van der Waals surface area contributed by atoms with E-state index in [1.54, 1.807) is 23.0 Å². The number of nitrogens with zero attached hydrogens (tertiary/aromatic N) is 2. The fraction of sp³-hybridized carbons (Fsp3) is 0.0667. The van der Waals surface area contributed by atoms with Crippen LogP contribution in [0.3, 0.4) is 0 Å². The second-order valence-electron chi connectivity index (χ2n) is 4.27. The van der Waals surface area contributed by atoms with Gasteiger partial charge >= 0.3 is 5.97 Å². The first kappa shape index (κ1) is 12.2. The minimum Gasteiger partial charge on any atom is -0.495 e. The van der Waals surface area contributed by atoms with Crippen LogP contribution in [-0.4, -0.2) is 28.0 Å². The van der Waals surface area contributed by atoms with E-state index in [1.165, 1.54) is 7.11 Å². The lowest BCUT2D eigenvalue weighted by Crippen LogP contribution is -2.02. The first-order valence-corrected chi connectivity index (χ1v) is 6.05. The van der Waals surface area contributed by atoms with Crippen LogP contribution < -0.4 is 4.74 Å². The Morgan fingerprint density at radius 1 is 1.20 bits per heavy atom. The maximum Gasteiger partial charge on any atom is 0.339 e. The molecule has 2 aromatic carbocycles. The summed E-state index contributed by atoms with van der Waals surface area (Å²) in [7, 11) is 1.47. The highest BCUT2D eigenvalue weighted by Crippen LogP contribution is 2.32. The molecular weight excluding hydrogens is 256 g/mol. The fourth-order valence-corrected chi connectivity index (χ4v) is 2.31. The van der Waals surface area contributed by atoms with E-state index in [4.69, 9.17) is 4.74 Å². The molecule has 0 atom stereocenters. The number of aromatic carboxylic acids is 1. The highest BCUT2D eigenvalue weighted by atomic mass is 16.5. The molecule has 0 saturated carbocycles. The van der Waals surface area contributed by atoms with Crippen LogP contribution in [0.4, 0.5) is 0 Å². The van der Waals surface area contributed by atoms with Crippen LogP contribution in [0.1, 0.15) is 10.4 Å². The van der Waals surface area contributed by atoms with Gasteiger partial charge in [0.25, 0.3) is 0 Å². The van der Waals surface area contributed by atoms with E-state index < -0.39 is 5.97 Å². The Balaban J connectivity index is 2.35. The van der Waals surface area contributed by atoms with E-state index in [2.05, 4.69) is 5.10 Å². The third kappa shape index (κ3) is 1.80. The third-order valence-electron chi connectivity index (χ3n) is 3.17. The second-order valence-corrected chi connectivity index (χ2v) is 4.27. The number of hydrogen-bond donors (Lipinski definition) is 1. The standard InChI is InChI=1S/C15H12N2O3/c1-20-14-11-4-2-5-13(17-9-3-8-16-17)10(11)6-7-12(14)15(18)19/h2-9H,1H3,(H,18,19). The summed E-state index contributed by atoms with van der Waals surface area (Å²) in [5, 5.41) is 15.1. The van der Waals surface area contributed by atoms with Gasteiger partial charge in [-0.05, 0) is 18.2 Å². The van der Waals surface area contributed by atoms with Gasteiger partial charge in [0, 0.05) is 23.2 Å². The van der Waals surface area contributed by atoms with Crippen LogP contribution in [0.15, 0.2) is 48.8 Å². The van der Waals surface area contributed by atoms with Crippen molar-refractivity contribution in [2.45, 2.75) is 0 Å². The third-order valence-corrected chi connectivity index (χ3v) is 3.17. The Morgan fingerprint density at radius 3 is 2.70 bits per heavy atom. The highest BCUT2D eigenvalue weighted by molar-refractivity contribution is 6.03. The van der Waals surface area contributed by atoms with E-state index in [0.717, 1.165) is 16.5 Å². The fourth-order valence-electron chi connectivity index (χ4n) is 2.31. The lowest BCUT2D eigenvalue weighted by atomic mass is 10.0. The lowest BCUT2D eigenvalue weighted by Gasteiger charge is -2.12. The molecule has 0 saturated heterocycles. The smallest absolute Gasteiger partial charge is 0.339 e. The molecule has 0 aliphatic heterocycles. The Hall–Kier alpha value is -2.82. The van der Waals surface area contributed by atoms with E-state index in [9.17, 15) is 9.90 Å². The van der Waals surface area contributed by atoms with Gasteiger partial charge in [-0.1, -0.05) is 18.2 Å². The molecule has 1 heterocycles. The van der Waals surface area contributed by atoms with Crippen LogP contribution in [0.2, 0.25) is 0 Å². The van der Waals surface area contributed by atoms with E-state index in [-0.39, 0.29) is 5.56 Å². The second kappa shape index (κ2) is 4.70. The average Bonchev–Trinajstić information content (AvgIpc) is 2.99. The molecule has 0 fully saturated rings. The number of carbonyl (C=O) groups is 1. The number of carboxylic acids is 1. The monoisotopic (exact) mass is 268 g/mol. The van der Waals surface area contributed by atoms with E-state index >= 15 is 0 Å². The van der Waals surface area contributed by atoms with Crippen molar-refractivity contribution >= 4 is 16.7 Å². The summed E-state index contributed by atoms with van der Waals surface area (Å²) in [6.07, 6.45) is 3.54. The van der Waals surface area contributed by atoms with Gasteiger partial charge in [0.2, 0.25) is 0 Å². The molecule has 0 bridgehead atoms. The average molecular weight is 268 g/mol. The molecule has 0 unspecified atom stereocenters. The maximum absolute atomic E-state index is 11.2. The van der Waals surface area contributed by atoms with Crippen molar-refractivity contribution in [3.8, 4) is 11.4 Å². The molecular formula is C15H12N2O3. The summed E-state index contributed by atoms with van der Waals surface area (Å²) in [4.78, 5) is 11.2. The zero-order chi connectivity index (χ0) is 14.1. The zero-order valence-corrected chi connectivity index (χ0v) is 10.8. The first-order valence-electron chi connectivity index (χ1n) is 6.05. The number of rotatable bonds is 3. The van der Waals surface area contributed by atoms with Crippen LogP contribution in [0.25, 0.3) is 16.5 Å². The van der Waals surface area contributed by atoms with Gasteiger partial charge in [0.15, 0.2) is 0 Å². The van der Waals surface area contributed by atoms with Crippen molar-refractivity contribution in [1.29, 1.82) is 0 Å². The van der Waals surface area contributed by atoms with Crippen LogP contribution in [0.5, 0.6) is 5.75 Å². The highest BCUT2D eigenvalue weighted by Gasteiger charge is 2.15. The molecule has 100 valence electrons. The Labute approximate surface area is 115 Å². The van der Waals surface area contributed by atoms with Crippen molar-refractivity contribution in [1.82, 2.24) is 9.78 Å². The molecule has 0 radical (unpaired) electrons.